The van der Waals surface area contributed by atoms with Gasteiger partial charge in [-0.1, -0.05) is 0 Å². The van der Waals surface area contributed by atoms with Crippen LogP contribution >= 0.6 is 11.3 Å². The molecule has 1 atom stereocenters. The zero-order valence-corrected chi connectivity index (χ0v) is 13.0. The van der Waals surface area contributed by atoms with Crippen LogP contribution in [0.15, 0.2) is 18.2 Å². The fourth-order valence-electron chi connectivity index (χ4n) is 2.22. The van der Waals surface area contributed by atoms with Crippen LogP contribution in [-0.2, 0) is 0 Å². The number of Topliss-reactive ketones (excluding diaryl/α,β-unsaturated/α-hetero) is 1. The topological polar surface area (TPSA) is 68.0 Å². The SMILES string of the molecule is CC(=O)c1cc(NC(C)c2sc(C)nc2C)ccc1N. The smallest absolute Gasteiger partial charge is 0.161 e. The van der Waals surface area contributed by atoms with Crippen molar-refractivity contribution in [1.82, 2.24) is 4.98 Å². The number of nitrogens with one attached hydrogen (secondary N) is 1. The molecular weight excluding hydrogens is 270 g/mol. The Kier molecular flexibility index (Phi) is 4.09. The number of nitrogen functional groups attached to an aromatic ring is 1. The Bertz CT molecular complexity index is 649. The number of benzene rings is 1. The van der Waals surface area contributed by atoms with Gasteiger partial charge in [0.05, 0.1) is 16.7 Å². The number of aromatic nitrogens is 1. The van der Waals surface area contributed by atoms with Crippen molar-refractivity contribution in [2.75, 3.05) is 11.1 Å². The molecule has 0 aliphatic heterocycles. The molecule has 1 aromatic heterocycles. The van der Waals surface area contributed by atoms with Crippen LogP contribution in [-0.4, -0.2) is 10.8 Å². The number of thiazole rings is 1. The van der Waals surface area contributed by atoms with Gasteiger partial charge in [0.25, 0.3) is 0 Å². The van der Waals surface area contributed by atoms with Gasteiger partial charge in [-0.05, 0) is 45.9 Å². The first-order valence-corrected chi connectivity index (χ1v) is 7.31. The van der Waals surface area contributed by atoms with E-state index in [1.165, 1.54) is 11.8 Å². The number of anilines is 2. The van der Waals surface area contributed by atoms with Gasteiger partial charge >= 0.3 is 0 Å². The van der Waals surface area contributed by atoms with Crippen LogP contribution in [0.2, 0.25) is 0 Å². The van der Waals surface area contributed by atoms with Gasteiger partial charge in [0.15, 0.2) is 5.78 Å². The molecule has 2 aromatic rings. The van der Waals surface area contributed by atoms with E-state index in [1.807, 2.05) is 19.9 Å². The Labute approximate surface area is 123 Å². The summed E-state index contributed by atoms with van der Waals surface area (Å²) in [7, 11) is 0. The van der Waals surface area contributed by atoms with E-state index < -0.39 is 0 Å². The third-order valence-electron chi connectivity index (χ3n) is 3.15. The first-order chi connectivity index (χ1) is 9.38. The molecule has 0 fully saturated rings. The van der Waals surface area contributed by atoms with Gasteiger partial charge < -0.3 is 11.1 Å². The number of hydrogen-bond acceptors (Lipinski definition) is 5. The molecule has 20 heavy (non-hydrogen) atoms. The van der Waals surface area contributed by atoms with Gasteiger partial charge in [-0.2, -0.15) is 0 Å². The summed E-state index contributed by atoms with van der Waals surface area (Å²) in [6.45, 7) is 7.63. The van der Waals surface area contributed by atoms with Crippen LogP contribution in [0.4, 0.5) is 11.4 Å². The number of rotatable bonds is 4. The van der Waals surface area contributed by atoms with Gasteiger partial charge in [0.2, 0.25) is 0 Å². The van der Waals surface area contributed by atoms with Crippen LogP contribution in [0, 0.1) is 13.8 Å². The maximum atomic E-state index is 11.5. The molecule has 1 aromatic carbocycles. The van der Waals surface area contributed by atoms with Crippen molar-refractivity contribution in [2.45, 2.75) is 33.7 Å². The number of hydrogen-bond donors (Lipinski definition) is 2. The zero-order chi connectivity index (χ0) is 14.9. The van der Waals surface area contributed by atoms with Crippen LogP contribution in [0.3, 0.4) is 0 Å². The van der Waals surface area contributed by atoms with Gasteiger partial charge in [0.1, 0.15) is 0 Å². The summed E-state index contributed by atoms with van der Waals surface area (Å²) in [6, 6.07) is 5.60. The van der Waals surface area contributed by atoms with Crippen molar-refractivity contribution < 1.29 is 4.79 Å². The Morgan fingerprint density at radius 2 is 2.10 bits per heavy atom. The van der Waals surface area contributed by atoms with Crippen LogP contribution < -0.4 is 11.1 Å². The second kappa shape index (κ2) is 5.63. The highest BCUT2D eigenvalue weighted by atomic mass is 32.1. The third-order valence-corrected chi connectivity index (χ3v) is 4.40. The number of ketones is 1. The fraction of sp³-hybridized carbons (Fsp3) is 0.333. The second-order valence-corrected chi connectivity index (χ2v) is 6.14. The van der Waals surface area contributed by atoms with Crippen molar-refractivity contribution in [3.63, 3.8) is 0 Å². The van der Waals surface area contributed by atoms with Crippen molar-refractivity contribution in [3.05, 3.63) is 39.3 Å². The second-order valence-electron chi connectivity index (χ2n) is 4.91. The molecule has 0 amide bonds. The largest absolute Gasteiger partial charge is 0.398 e. The summed E-state index contributed by atoms with van der Waals surface area (Å²) in [5.41, 5.74) is 8.81. The lowest BCUT2D eigenvalue weighted by atomic mass is 10.1. The average Bonchev–Trinajstić information content (AvgIpc) is 2.70. The third kappa shape index (κ3) is 2.99. The average molecular weight is 289 g/mol. The highest BCUT2D eigenvalue weighted by Crippen LogP contribution is 2.28. The maximum Gasteiger partial charge on any atom is 0.161 e. The van der Waals surface area contributed by atoms with E-state index in [2.05, 4.69) is 17.2 Å². The predicted molar refractivity (Wildman–Crippen MR) is 84.5 cm³/mol. The Hall–Kier alpha value is -1.88. The lowest BCUT2D eigenvalue weighted by molar-refractivity contribution is 0.101. The fourth-order valence-corrected chi connectivity index (χ4v) is 3.15. The molecule has 0 aliphatic carbocycles. The van der Waals surface area contributed by atoms with Gasteiger partial charge in [-0.25, -0.2) is 4.98 Å². The molecule has 3 N–H and O–H groups in total. The van der Waals surface area contributed by atoms with Crippen LogP contribution in [0.25, 0.3) is 0 Å². The number of nitrogens with zero attached hydrogens (tertiary/aromatic N) is 1. The van der Waals surface area contributed by atoms with E-state index in [0.29, 0.717) is 11.3 Å². The first kappa shape index (κ1) is 14.5. The molecule has 5 heteroatoms. The number of aryl methyl sites for hydroxylation is 2. The lowest BCUT2D eigenvalue weighted by Gasteiger charge is -2.15. The highest BCUT2D eigenvalue weighted by Gasteiger charge is 2.14. The summed E-state index contributed by atoms with van der Waals surface area (Å²) in [4.78, 5) is 17.2. The molecule has 0 bridgehead atoms. The predicted octanol–water partition coefficient (Wildman–Crippen LogP) is 3.72. The summed E-state index contributed by atoms with van der Waals surface area (Å²) >= 11 is 1.69. The van der Waals surface area contributed by atoms with E-state index >= 15 is 0 Å². The monoisotopic (exact) mass is 289 g/mol. The van der Waals surface area contributed by atoms with Crippen molar-refractivity contribution in [1.29, 1.82) is 0 Å². The lowest BCUT2D eigenvalue weighted by Crippen LogP contribution is -2.08. The molecule has 2 rings (SSSR count). The zero-order valence-electron chi connectivity index (χ0n) is 12.2. The normalized spacial score (nSPS) is 12.2. The maximum absolute atomic E-state index is 11.5. The summed E-state index contributed by atoms with van der Waals surface area (Å²) in [6.07, 6.45) is 0. The van der Waals surface area contributed by atoms with Gasteiger partial charge in [-0.15, -0.1) is 11.3 Å². The molecule has 0 aliphatic rings. The molecule has 0 saturated carbocycles. The Morgan fingerprint density at radius 3 is 2.65 bits per heavy atom. The van der Waals surface area contributed by atoms with E-state index in [0.717, 1.165) is 16.4 Å². The minimum Gasteiger partial charge on any atom is -0.398 e. The summed E-state index contributed by atoms with van der Waals surface area (Å²) < 4.78 is 0. The van der Waals surface area contributed by atoms with E-state index in [1.54, 1.807) is 23.5 Å². The van der Waals surface area contributed by atoms with Gasteiger partial charge in [0, 0.05) is 21.8 Å². The van der Waals surface area contributed by atoms with E-state index in [9.17, 15) is 4.79 Å². The molecule has 106 valence electrons. The molecular formula is C15H19N3OS. The number of carbonyl (C=O) groups excluding carboxylic acids is 1. The van der Waals surface area contributed by atoms with Crippen molar-refractivity contribution >= 4 is 28.5 Å². The van der Waals surface area contributed by atoms with E-state index in [-0.39, 0.29) is 11.8 Å². The standard InChI is InChI=1S/C15H19N3OS/c1-8-15(20-11(4)17-8)9(2)18-12-5-6-14(16)13(7-12)10(3)19/h5-7,9,18H,16H2,1-4H3. The molecule has 4 nitrogen and oxygen atoms in total. The quantitative estimate of drug-likeness (QED) is 0.665. The van der Waals surface area contributed by atoms with Crippen molar-refractivity contribution in [3.8, 4) is 0 Å². The molecule has 0 saturated heterocycles. The molecule has 0 radical (unpaired) electrons. The minimum atomic E-state index is -0.0244. The molecule has 1 heterocycles. The number of nitrogens with two attached hydrogens (primary N) is 1. The van der Waals surface area contributed by atoms with Crippen LogP contribution in [0.5, 0.6) is 0 Å². The highest BCUT2D eigenvalue weighted by molar-refractivity contribution is 7.11. The Balaban J connectivity index is 2.24. The van der Waals surface area contributed by atoms with E-state index in [4.69, 9.17) is 5.73 Å². The minimum absolute atomic E-state index is 0.0244. The molecule has 0 spiro atoms. The van der Waals surface area contributed by atoms with Crippen LogP contribution in [0.1, 0.15) is 45.8 Å². The van der Waals surface area contributed by atoms with Gasteiger partial charge in [-0.3, -0.25) is 4.79 Å². The first-order valence-electron chi connectivity index (χ1n) is 6.49. The summed E-state index contributed by atoms with van der Waals surface area (Å²) in [5.74, 6) is -0.0244. The van der Waals surface area contributed by atoms with Crippen molar-refractivity contribution in [2.24, 2.45) is 0 Å². The Morgan fingerprint density at radius 1 is 1.40 bits per heavy atom. The molecule has 1 unspecified atom stereocenters. The summed E-state index contributed by atoms with van der Waals surface area (Å²) in [5, 5.41) is 4.46. The number of carbonyl (C=O) groups is 1.